The fraction of sp³-hybridized carbons (Fsp3) is 0.571. The largest absolute Gasteiger partial charge is 0.396 e. The van der Waals surface area contributed by atoms with E-state index in [4.69, 9.17) is 14.9 Å². The summed E-state index contributed by atoms with van der Waals surface area (Å²) in [7, 11) is 0. The third kappa shape index (κ3) is 3.51. The minimum absolute atomic E-state index is 0.131. The van der Waals surface area contributed by atoms with Gasteiger partial charge in [0.05, 0.1) is 5.60 Å². The Bertz CT molecular complexity index is 373. The molecule has 2 N–H and O–H groups in total. The van der Waals surface area contributed by atoms with E-state index in [1.807, 2.05) is 0 Å². The second kappa shape index (κ2) is 6.83. The monoisotopic (exact) mass is 256 g/mol. The Balaban J connectivity index is 3.13. The fourth-order valence-corrected chi connectivity index (χ4v) is 2.06. The van der Waals surface area contributed by atoms with Gasteiger partial charge in [-0.1, -0.05) is 19.4 Å². The van der Waals surface area contributed by atoms with Crippen LogP contribution in [0.15, 0.2) is 18.2 Å². The predicted molar refractivity (Wildman–Crippen MR) is 67.6 cm³/mol. The van der Waals surface area contributed by atoms with E-state index in [9.17, 15) is 4.39 Å². The molecule has 4 heteroatoms. The number of ether oxygens (including phenoxy) is 1. The lowest BCUT2D eigenvalue weighted by atomic mass is 9.90. The summed E-state index contributed by atoms with van der Waals surface area (Å²) in [6, 6.07) is 4.92. The highest BCUT2D eigenvalue weighted by atomic mass is 19.1. The molecule has 0 aromatic heterocycles. The zero-order chi connectivity index (χ0) is 13.6. The molecular weight excluding hydrogens is 235 g/mol. The van der Waals surface area contributed by atoms with Gasteiger partial charge in [0.2, 0.25) is 0 Å². The van der Waals surface area contributed by atoms with Crippen molar-refractivity contribution in [2.75, 3.05) is 13.4 Å². The molecule has 0 amide bonds. The van der Waals surface area contributed by atoms with Crippen molar-refractivity contribution in [1.82, 2.24) is 0 Å². The van der Waals surface area contributed by atoms with Gasteiger partial charge in [-0.25, -0.2) is 4.39 Å². The smallest absolute Gasteiger partial charge is 0.144 e. The number of aryl methyl sites for hydroxylation is 1. The van der Waals surface area contributed by atoms with Crippen LogP contribution in [-0.2, 0) is 16.8 Å². The Kier molecular flexibility index (Phi) is 5.72. The number of hydrogen-bond acceptors (Lipinski definition) is 3. The van der Waals surface area contributed by atoms with Crippen molar-refractivity contribution in [3.8, 4) is 0 Å². The van der Waals surface area contributed by atoms with Crippen molar-refractivity contribution in [3.05, 3.63) is 35.1 Å². The first-order valence-corrected chi connectivity index (χ1v) is 6.22. The summed E-state index contributed by atoms with van der Waals surface area (Å²) in [5.74, 6) is -0.376. The quantitative estimate of drug-likeness (QED) is 0.736. The molecule has 18 heavy (non-hydrogen) atoms. The van der Waals surface area contributed by atoms with Crippen LogP contribution in [0.5, 0.6) is 0 Å². The molecule has 0 saturated heterocycles. The number of rotatable bonds is 7. The molecule has 0 aliphatic heterocycles. The van der Waals surface area contributed by atoms with Crippen molar-refractivity contribution in [3.63, 3.8) is 0 Å². The van der Waals surface area contributed by atoms with Crippen molar-refractivity contribution < 1.29 is 19.3 Å². The van der Waals surface area contributed by atoms with Gasteiger partial charge in [-0.3, -0.25) is 0 Å². The van der Waals surface area contributed by atoms with Crippen LogP contribution in [0.1, 0.15) is 37.8 Å². The molecule has 1 unspecified atom stereocenters. The first-order valence-electron chi connectivity index (χ1n) is 6.22. The minimum atomic E-state index is -1.00. The summed E-state index contributed by atoms with van der Waals surface area (Å²) in [5, 5.41) is 18.0. The SMILES string of the molecule is CCCc1ccc(F)c(C(C)(CCO)OCO)c1. The van der Waals surface area contributed by atoms with Crippen molar-refractivity contribution in [2.24, 2.45) is 0 Å². The van der Waals surface area contributed by atoms with E-state index in [1.165, 1.54) is 6.07 Å². The Morgan fingerprint density at radius 3 is 2.61 bits per heavy atom. The second-order valence-corrected chi connectivity index (χ2v) is 4.54. The summed E-state index contributed by atoms with van der Waals surface area (Å²) in [4.78, 5) is 0. The van der Waals surface area contributed by atoms with Gasteiger partial charge >= 0.3 is 0 Å². The van der Waals surface area contributed by atoms with Gasteiger partial charge in [-0.15, -0.1) is 0 Å². The van der Waals surface area contributed by atoms with E-state index in [1.54, 1.807) is 19.1 Å². The molecule has 1 atom stereocenters. The first-order chi connectivity index (χ1) is 8.57. The highest BCUT2D eigenvalue weighted by Crippen LogP contribution is 2.31. The number of benzene rings is 1. The first kappa shape index (κ1) is 15.1. The van der Waals surface area contributed by atoms with Gasteiger partial charge in [-0.2, -0.15) is 0 Å². The molecule has 1 rings (SSSR count). The number of aliphatic hydroxyl groups is 2. The second-order valence-electron chi connectivity index (χ2n) is 4.54. The Labute approximate surface area is 107 Å². The molecule has 0 fully saturated rings. The van der Waals surface area contributed by atoms with E-state index < -0.39 is 12.4 Å². The number of hydrogen-bond donors (Lipinski definition) is 2. The molecular formula is C14H21FO3. The summed E-state index contributed by atoms with van der Waals surface area (Å²) >= 11 is 0. The van der Waals surface area contributed by atoms with Gasteiger partial charge in [0.25, 0.3) is 0 Å². The highest BCUT2D eigenvalue weighted by molar-refractivity contribution is 5.30. The molecule has 0 saturated carbocycles. The van der Waals surface area contributed by atoms with Gasteiger partial charge in [0.1, 0.15) is 12.6 Å². The molecule has 0 bridgehead atoms. The average Bonchev–Trinajstić information content (AvgIpc) is 2.32. The third-order valence-electron chi connectivity index (χ3n) is 3.11. The summed E-state index contributed by atoms with van der Waals surface area (Å²) in [6.07, 6.45) is 2.07. The third-order valence-corrected chi connectivity index (χ3v) is 3.11. The van der Waals surface area contributed by atoms with E-state index >= 15 is 0 Å². The summed E-state index contributed by atoms with van der Waals surface area (Å²) in [6.45, 7) is 3.09. The van der Waals surface area contributed by atoms with Crippen molar-refractivity contribution in [2.45, 2.75) is 38.7 Å². The lowest BCUT2D eigenvalue weighted by Crippen LogP contribution is -2.29. The van der Waals surface area contributed by atoms with Crippen LogP contribution in [-0.4, -0.2) is 23.6 Å². The van der Waals surface area contributed by atoms with Crippen LogP contribution in [0.4, 0.5) is 4.39 Å². The molecule has 0 aliphatic rings. The van der Waals surface area contributed by atoms with Crippen LogP contribution in [0.3, 0.4) is 0 Å². The molecule has 1 aromatic rings. The van der Waals surface area contributed by atoms with Gasteiger partial charge < -0.3 is 14.9 Å². The van der Waals surface area contributed by atoms with Gasteiger partial charge in [0, 0.05) is 18.6 Å². The van der Waals surface area contributed by atoms with E-state index in [-0.39, 0.29) is 18.8 Å². The van der Waals surface area contributed by atoms with E-state index in [2.05, 4.69) is 6.92 Å². The number of aliphatic hydroxyl groups excluding tert-OH is 2. The fourth-order valence-electron chi connectivity index (χ4n) is 2.06. The molecule has 102 valence electrons. The maximum atomic E-state index is 13.9. The minimum Gasteiger partial charge on any atom is -0.396 e. The average molecular weight is 256 g/mol. The van der Waals surface area contributed by atoms with Gasteiger partial charge in [0.15, 0.2) is 0 Å². The van der Waals surface area contributed by atoms with Crippen molar-refractivity contribution >= 4 is 0 Å². The Morgan fingerprint density at radius 2 is 2.06 bits per heavy atom. The zero-order valence-electron chi connectivity index (χ0n) is 10.9. The molecule has 0 radical (unpaired) electrons. The molecule has 0 spiro atoms. The molecule has 1 aromatic carbocycles. The maximum Gasteiger partial charge on any atom is 0.144 e. The van der Waals surface area contributed by atoms with Crippen molar-refractivity contribution in [1.29, 1.82) is 0 Å². The predicted octanol–water partition coefficient (Wildman–Crippen LogP) is 2.34. The highest BCUT2D eigenvalue weighted by Gasteiger charge is 2.30. The van der Waals surface area contributed by atoms with Crippen LogP contribution in [0.2, 0.25) is 0 Å². The van der Waals surface area contributed by atoms with Crippen LogP contribution in [0.25, 0.3) is 0 Å². The number of halogens is 1. The summed E-state index contributed by atoms with van der Waals surface area (Å²) < 4.78 is 19.1. The standard InChI is InChI=1S/C14H21FO3/c1-3-4-11-5-6-13(15)12(9-11)14(2,7-8-16)18-10-17/h5-6,9,16-17H,3-4,7-8,10H2,1-2H3. The van der Waals surface area contributed by atoms with Gasteiger partial charge in [-0.05, 0) is 31.0 Å². The molecule has 0 heterocycles. The van der Waals surface area contributed by atoms with E-state index in [0.29, 0.717) is 5.56 Å². The Hall–Kier alpha value is -0.970. The normalized spacial score (nSPS) is 14.5. The lowest BCUT2D eigenvalue weighted by molar-refractivity contribution is -0.122. The Morgan fingerprint density at radius 1 is 1.33 bits per heavy atom. The van der Waals surface area contributed by atoms with Crippen LogP contribution < -0.4 is 0 Å². The molecule has 3 nitrogen and oxygen atoms in total. The summed E-state index contributed by atoms with van der Waals surface area (Å²) in [5.41, 5.74) is 0.410. The maximum absolute atomic E-state index is 13.9. The molecule has 0 aliphatic carbocycles. The van der Waals surface area contributed by atoms with E-state index in [0.717, 1.165) is 18.4 Å². The lowest BCUT2D eigenvalue weighted by Gasteiger charge is -2.29. The van der Waals surface area contributed by atoms with Crippen LogP contribution in [0, 0.1) is 5.82 Å². The topological polar surface area (TPSA) is 49.7 Å². The zero-order valence-corrected chi connectivity index (χ0v) is 10.9. The van der Waals surface area contributed by atoms with Crippen LogP contribution >= 0.6 is 0 Å².